The van der Waals surface area contributed by atoms with Crippen LogP contribution in [0, 0.1) is 13.8 Å². The quantitative estimate of drug-likeness (QED) is 0.727. The Balaban J connectivity index is 1.69. The minimum atomic E-state index is -3.59. The summed E-state index contributed by atoms with van der Waals surface area (Å²) in [5, 5.41) is 2.91. The van der Waals surface area contributed by atoms with Gasteiger partial charge in [-0.1, -0.05) is 30.7 Å². The SMILES string of the molecule is Cc1ccccc1OC[C@@H](C)NC(=O)c1cc(S(=O)(=O)N2CCCCC2)ccc1C. The normalized spacial score (nSPS) is 16.1. The lowest BCUT2D eigenvalue weighted by Crippen LogP contribution is -2.38. The van der Waals surface area contributed by atoms with Crippen LogP contribution in [0.1, 0.15) is 47.7 Å². The largest absolute Gasteiger partial charge is 0.491 e. The molecule has 2 aromatic carbocycles. The van der Waals surface area contributed by atoms with Crippen molar-refractivity contribution in [3.63, 3.8) is 0 Å². The molecule has 1 aliphatic heterocycles. The van der Waals surface area contributed by atoms with Crippen molar-refractivity contribution in [1.29, 1.82) is 0 Å². The molecule has 1 saturated heterocycles. The number of hydrogen-bond donors (Lipinski definition) is 1. The van der Waals surface area contributed by atoms with Crippen LogP contribution < -0.4 is 10.1 Å². The Hall–Kier alpha value is -2.38. The van der Waals surface area contributed by atoms with Crippen LogP contribution in [-0.2, 0) is 10.0 Å². The van der Waals surface area contributed by atoms with Crippen LogP contribution in [0.25, 0.3) is 0 Å². The minimum absolute atomic E-state index is 0.170. The molecule has 6 nitrogen and oxygen atoms in total. The Bertz CT molecular complexity index is 998. The average Bonchev–Trinajstić information content (AvgIpc) is 2.74. The molecular weight excluding hydrogens is 400 g/mol. The fourth-order valence-electron chi connectivity index (χ4n) is 3.54. The number of carbonyl (C=O) groups is 1. The number of ether oxygens (including phenoxy) is 1. The van der Waals surface area contributed by atoms with Crippen molar-refractivity contribution < 1.29 is 17.9 Å². The summed E-state index contributed by atoms with van der Waals surface area (Å²) >= 11 is 0. The van der Waals surface area contributed by atoms with Gasteiger partial charge in [-0.05, 0) is 62.9 Å². The number of para-hydroxylation sites is 1. The van der Waals surface area contributed by atoms with E-state index in [9.17, 15) is 13.2 Å². The van der Waals surface area contributed by atoms with Crippen molar-refractivity contribution in [2.75, 3.05) is 19.7 Å². The van der Waals surface area contributed by atoms with Crippen LogP contribution in [0.5, 0.6) is 5.75 Å². The summed E-state index contributed by atoms with van der Waals surface area (Å²) in [6, 6.07) is 12.2. The first kappa shape index (κ1) is 22.3. The molecule has 0 unspecified atom stereocenters. The predicted molar refractivity (Wildman–Crippen MR) is 117 cm³/mol. The summed E-state index contributed by atoms with van der Waals surface area (Å²) in [6.45, 7) is 7.02. The molecule has 1 fully saturated rings. The molecule has 0 radical (unpaired) electrons. The predicted octanol–water partition coefficient (Wildman–Crippen LogP) is 3.68. The zero-order valence-corrected chi connectivity index (χ0v) is 18.7. The molecule has 1 atom stereocenters. The second kappa shape index (κ2) is 9.62. The van der Waals surface area contributed by atoms with Crippen LogP contribution in [0.3, 0.4) is 0 Å². The van der Waals surface area contributed by atoms with Gasteiger partial charge in [0.1, 0.15) is 12.4 Å². The summed E-state index contributed by atoms with van der Waals surface area (Å²) in [5.74, 6) is 0.480. The van der Waals surface area contributed by atoms with E-state index < -0.39 is 10.0 Å². The maximum atomic E-state index is 13.0. The van der Waals surface area contributed by atoms with Gasteiger partial charge in [0.25, 0.3) is 5.91 Å². The number of nitrogens with zero attached hydrogens (tertiary/aromatic N) is 1. The molecule has 7 heteroatoms. The van der Waals surface area contributed by atoms with Gasteiger partial charge in [0, 0.05) is 18.7 Å². The highest BCUT2D eigenvalue weighted by molar-refractivity contribution is 7.89. The summed E-state index contributed by atoms with van der Waals surface area (Å²) < 4.78 is 33.2. The number of sulfonamides is 1. The van der Waals surface area contributed by atoms with Gasteiger partial charge in [0.05, 0.1) is 10.9 Å². The van der Waals surface area contributed by atoms with Gasteiger partial charge in [-0.25, -0.2) is 8.42 Å². The van der Waals surface area contributed by atoms with Gasteiger partial charge in [-0.3, -0.25) is 4.79 Å². The van der Waals surface area contributed by atoms with Crippen LogP contribution in [0.4, 0.5) is 0 Å². The average molecular weight is 431 g/mol. The van der Waals surface area contributed by atoms with E-state index in [1.807, 2.05) is 38.1 Å². The molecule has 1 amide bonds. The first-order valence-electron chi connectivity index (χ1n) is 10.4. The molecule has 0 aliphatic carbocycles. The number of benzene rings is 2. The van der Waals surface area contributed by atoms with Crippen LogP contribution >= 0.6 is 0 Å². The molecule has 2 aromatic rings. The maximum Gasteiger partial charge on any atom is 0.251 e. The highest BCUT2D eigenvalue weighted by atomic mass is 32.2. The molecule has 0 aromatic heterocycles. The van der Waals surface area contributed by atoms with E-state index in [1.165, 1.54) is 10.4 Å². The Morgan fingerprint density at radius 3 is 2.47 bits per heavy atom. The Morgan fingerprint density at radius 2 is 1.77 bits per heavy atom. The summed E-state index contributed by atoms with van der Waals surface area (Å²) in [7, 11) is -3.59. The Morgan fingerprint density at radius 1 is 1.07 bits per heavy atom. The third kappa shape index (κ3) is 5.21. The lowest BCUT2D eigenvalue weighted by Gasteiger charge is -2.26. The number of piperidine rings is 1. The van der Waals surface area contributed by atoms with Crippen molar-refractivity contribution in [2.45, 2.75) is 51.0 Å². The molecule has 0 saturated carbocycles. The van der Waals surface area contributed by atoms with Gasteiger partial charge >= 0.3 is 0 Å². The fourth-order valence-corrected chi connectivity index (χ4v) is 5.08. The smallest absolute Gasteiger partial charge is 0.251 e. The number of rotatable bonds is 7. The number of amides is 1. The van der Waals surface area contributed by atoms with E-state index in [0.717, 1.165) is 36.1 Å². The molecule has 1 heterocycles. The number of carbonyl (C=O) groups excluding carboxylic acids is 1. The maximum absolute atomic E-state index is 13.0. The van der Waals surface area contributed by atoms with Crippen molar-refractivity contribution in [3.8, 4) is 5.75 Å². The van der Waals surface area contributed by atoms with Crippen LogP contribution in [0.15, 0.2) is 47.4 Å². The number of hydrogen-bond acceptors (Lipinski definition) is 4. The summed E-state index contributed by atoms with van der Waals surface area (Å²) in [6.07, 6.45) is 2.80. The summed E-state index contributed by atoms with van der Waals surface area (Å²) in [5.41, 5.74) is 2.13. The second-order valence-electron chi connectivity index (χ2n) is 7.89. The Kier molecular flexibility index (Phi) is 7.15. The first-order chi connectivity index (χ1) is 14.3. The number of nitrogens with one attached hydrogen (secondary N) is 1. The standard InChI is InChI=1S/C23H30N2O4S/c1-17-11-12-20(30(27,28)25-13-7-4-8-14-25)15-21(17)23(26)24-19(3)16-29-22-10-6-5-9-18(22)2/h5-6,9-12,15,19H,4,7-8,13-14,16H2,1-3H3,(H,24,26)/t19-/m1/s1. The van der Waals surface area contributed by atoms with Crippen molar-refractivity contribution in [3.05, 3.63) is 59.2 Å². The highest BCUT2D eigenvalue weighted by Crippen LogP contribution is 2.23. The molecular formula is C23H30N2O4S. The van der Waals surface area contributed by atoms with E-state index in [4.69, 9.17) is 4.74 Å². The van der Waals surface area contributed by atoms with Crippen molar-refractivity contribution in [1.82, 2.24) is 9.62 Å². The minimum Gasteiger partial charge on any atom is -0.491 e. The van der Waals surface area contributed by atoms with Gasteiger partial charge < -0.3 is 10.1 Å². The molecule has 162 valence electrons. The Labute approximate surface area is 179 Å². The first-order valence-corrected chi connectivity index (χ1v) is 11.8. The van der Waals surface area contributed by atoms with E-state index >= 15 is 0 Å². The van der Waals surface area contributed by atoms with E-state index in [2.05, 4.69) is 5.32 Å². The highest BCUT2D eigenvalue weighted by Gasteiger charge is 2.27. The zero-order valence-electron chi connectivity index (χ0n) is 17.8. The van der Waals surface area contributed by atoms with Gasteiger partial charge in [-0.15, -0.1) is 0 Å². The third-order valence-electron chi connectivity index (χ3n) is 5.37. The molecule has 30 heavy (non-hydrogen) atoms. The second-order valence-corrected chi connectivity index (χ2v) is 9.83. The third-order valence-corrected chi connectivity index (χ3v) is 7.26. The molecule has 1 N–H and O–H groups in total. The van der Waals surface area contributed by atoms with E-state index in [1.54, 1.807) is 19.1 Å². The van der Waals surface area contributed by atoms with Gasteiger partial charge in [-0.2, -0.15) is 4.31 Å². The van der Waals surface area contributed by atoms with Crippen molar-refractivity contribution >= 4 is 15.9 Å². The molecule has 3 rings (SSSR count). The fraction of sp³-hybridized carbons (Fsp3) is 0.435. The van der Waals surface area contributed by atoms with Gasteiger partial charge in [0.15, 0.2) is 0 Å². The molecule has 0 spiro atoms. The summed E-state index contributed by atoms with van der Waals surface area (Å²) in [4.78, 5) is 13.0. The van der Waals surface area contributed by atoms with E-state index in [0.29, 0.717) is 25.3 Å². The van der Waals surface area contributed by atoms with Gasteiger partial charge in [0.2, 0.25) is 10.0 Å². The van der Waals surface area contributed by atoms with E-state index in [-0.39, 0.29) is 16.8 Å². The molecule has 0 bridgehead atoms. The lowest BCUT2D eigenvalue weighted by atomic mass is 10.1. The van der Waals surface area contributed by atoms with Crippen LogP contribution in [0.2, 0.25) is 0 Å². The molecule has 1 aliphatic rings. The van der Waals surface area contributed by atoms with Crippen LogP contribution in [-0.4, -0.2) is 44.4 Å². The van der Waals surface area contributed by atoms with Crippen molar-refractivity contribution in [2.24, 2.45) is 0 Å². The monoisotopic (exact) mass is 430 g/mol. The topological polar surface area (TPSA) is 75.7 Å². The lowest BCUT2D eigenvalue weighted by molar-refractivity contribution is 0.0925. The zero-order chi connectivity index (χ0) is 21.7. The number of aryl methyl sites for hydroxylation is 2.